The average Bonchev–Trinajstić information content (AvgIpc) is 2.86. The van der Waals surface area contributed by atoms with Crippen molar-refractivity contribution in [3.63, 3.8) is 0 Å². The number of hydrogen-bond donors (Lipinski definition) is 0. The van der Waals surface area contributed by atoms with Gasteiger partial charge in [0.25, 0.3) is 0 Å². The van der Waals surface area contributed by atoms with E-state index in [2.05, 4.69) is 83.5 Å². The Bertz CT molecular complexity index is 1130. The minimum absolute atomic E-state index is 1.13. The maximum atomic E-state index is 3.57. The first-order chi connectivity index (χ1) is 11.2. The highest BCUT2D eigenvalue weighted by Gasteiger charge is 2.08. The molecule has 1 aromatic heterocycles. The van der Waals surface area contributed by atoms with Gasteiger partial charge in [-0.3, -0.25) is 0 Å². The maximum Gasteiger partial charge on any atom is 0.0361 e. The van der Waals surface area contributed by atoms with E-state index in [-0.39, 0.29) is 0 Å². The van der Waals surface area contributed by atoms with Crippen LogP contribution in [-0.2, 0) is 0 Å². The minimum atomic E-state index is 1.13. The Morgan fingerprint density at radius 2 is 1.26 bits per heavy atom. The van der Waals surface area contributed by atoms with Crippen LogP contribution >= 0.6 is 27.3 Å². The van der Waals surface area contributed by atoms with Crippen molar-refractivity contribution in [2.75, 3.05) is 0 Å². The quantitative estimate of drug-likeness (QED) is 0.263. The van der Waals surface area contributed by atoms with Crippen LogP contribution in [-0.4, -0.2) is 0 Å². The van der Waals surface area contributed by atoms with Gasteiger partial charge in [0.05, 0.1) is 0 Å². The summed E-state index contributed by atoms with van der Waals surface area (Å²) in [5, 5.41) is 7.96. The number of benzene rings is 4. The van der Waals surface area contributed by atoms with Crippen LogP contribution in [0.4, 0.5) is 0 Å². The summed E-state index contributed by atoms with van der Waals surface area (Å²) in [6, 6.07) is 22.5. The summed E-state index contributed by atoms with van der Waals surface area (Å²) in [7, 11) is 0. The number of aryl methyl sites for hydroxylation is 1. The SMILES string of the molecule is Cc1ccc2cc3c(cc2c1)sc1cc2cc(Br)ccc2cc13. The van der Waals surface area contributed by atoms with E-state index in [1.807, 2.05) is 11.3 Å². The van der Waals surface area contributed by atoms with Gasteiger partial charge >= 0.3 is 0 Å². The Morgan fingerprint density at radius 1 is 0.652 bits per heavy atom. The third-order valence-corrected chi connectivity index (χ3v) is 6.11. The van der Waals surface area contributed by atoms with Gasteiger partial charge in [-0.2, -0.15) is 0 Å². The summed E-state index contributed by atoms with van der Waals surface area (Å²) < 4.78 is 3.86. The summed E-state index contributed by atoms with van der Waals surface area (Å²) in [5.41, 5.74) is 1.31. The lowest BCUT2D eigenvalue weighted by Gasteiger charge is -2.02. The second kappa shape index (κ2) is 4.80. The molecule has 0 nitrogen and oxygen atoms in total. The third-order valence-electron chi connectivity index (χ3n) is 4.50. The Labute approximate surface area is 146 Å². The standard InChI is InChI=1S/C21H13BrS/c1-12-2-3-13-8-18-19-9-14-4-5-17(22)7-16(14)11-21(19)23-20(18)10-15(13)6-12/h2-11H,1H3. The van der Waals surface area contributed by atoms with Gasteiger partial charge in [-0.05, 0) is 64.9 Å². The van der Waals surface area contributed by atoms with Crippen LogP contribution in [0.15, 0.2) is 65.1 Å². The third kappa shape index (κ3) is 2.09. The second-order valence-corrected chi connectivity index (χ2v) is 8.14. The zero-order chi connectivity index (χ0) is 15.6. The predicted octanol–water partition coefficient (Wildman–Crippen LogP) is 7.43. The average molecular weight is 377 g/mol. The van der Waals surface area contributed by atoms with Crippen molar-refractivity contribution < 1.29 is 0 Å². The summed E-state index contributed by atoms with van der Waals surface area (Å²) in [4.78, 5) is 0. The Morgan fingerprint density at radius 3 is 1.96 bits per heavy atom. The number of rotatable bonds is 0. The second-order valence-electron chi connectivity index (χ2n) is 6.14. The van der Waals surface area contributed by atoms with E-state index in [1.54, 1.807) is 0 Å². The molecule has 0 aliphatic rings. The number of hydrogen-bond acceptors (Lipinski definition) is 1. The molecule has 110 valence electrons. The lowest BCUT2D eigenvalue weighted by Crippen LogP contribution is -1.76. The first-order valence-electron chi connectivity index (χ1n) is 7.63. The van der Waals surface area contributed by atoms with Crippen LogP contribution in [0.25, 0.3) is 41.7 Å². The van der Waals surface area contributed by atoms with Crippen molar-refractivity contribution in [3.8, 4) is 0 Å². The van der Waals surface area contributed by atoms with Crippen molar-refractivity contribution in [2.24, 2.45) is 0 Å². The van der Waals surface area contributed by atoms with Crippen molar-refractivity contribution >= 4 is 69.0 Å². The smallest absolute Gasteiger partial charge is 0.0361 e. The topological polar surface area (TPSA) is 0 Å². The summed E-state index contributed by atoms with van der Waals surface area (Å²) in [5.74, 6) is 0. The molecule has 0 aliphatic carbocycles. The molecule has 0 spiro atoms. The highest BCUT2D eigenvalue weighted by Crippen LogP contribution is 2.39. The molecule has 0 fully saturated rings. The van der Waals surface area contributed by atoms with Gasteiger partial charge in [0, 0.05) is 24.6 Å². The molecule has 0 saturated heterocycles. The van der Waals surface area contributed by atoms with Crippen LogP contribution in [0.2, 0.25) is 0 Å². The van der Waals surface area contributed by atoms with E-state index in [4.69, 9.17) is 0 Å². The van der Waals surface area contributed by atoms with E-state index in [1.165, 1.54) is 47.3 Å². The largest absolute Gasteiger partial charge is 0.135 e. The van der Waals surface area contributed by atoms with Gasteiger partial charge in [0.15, 0.2) is 0 Å². The Balaban J connectivity index is 1.94. The predicted molar refractivity (Wildman–Crippen MR) is 107 cm³/mol. The zero-order valence-corrected chi connectivity index (χ0v) is 15.0. The van der Waals surface area contributed by atoms with E-state index in [0.717, 1.165) is 4.47 Å². The van der Waals surface area contributed by atoms with Gasteiger partial charge in [0.2, 0.25) is 0 Å². The number of halogens is 1. The van der Waals surface area contributed by atoms with E-state index in [0.29, 0.717) is 0 Å². The lowest BCUT2D eigenvalue weighted by molar-refractivity contribution is 1.51. The van der Waals surface area contributed by atoms with Crippen LogP contribution in [0.1, 0.15) is 5.56 Å². The summed E-state index contributed by atoms with van der Waals surface area (Å²) in [6.07, 6.45) is 0. The van der Waals surface area contributed by atoms with Gasteiger partial charge in [0.1, 0.15) is 0 Å². The van der Waals surface area contributed by atoms with Crippen LogP contribution < -0.4 is 0 Å². The summed E-state index contributed by atoms with van der Waals surface area (Å²) in [6.45, 7) is 2.15. The normalized spacial score (nSPS) is 11.9. The highest BCUT2D eigenvalue weighted by atomic mass is 79.9. The molecular weight excluding hydrogens is 364 g/mol. The Kier molecular flexibility index (Phi) is 2.82. The number of thiophene rings is 1. The molecule has 23 heavy (non-hydrogen) atoms. The lowest BCUT2D eigenvalue weighted by atomic mass is 10.0. The molecule has 0 bridgehead atoms. The monoisotopic (exact) mass is 376 g/mol. The fourth-order valence-electron chi connectivity index (χ4n) is 3.35. The van der Waals surface area contributed by atoms with Crippen LogP contribution in [0.3, 0.4) is 0 Å². The molecule has 0 amide bonds. The Hall–Kier alpha value is -1.90. The molecule has 0 saturated carbocycles. The van der Waals surface area contributed by atoms with Crippen molar-refractivity contribution in [2.45, 2.75) is 6.92 Å². The zero-order valence-electron chi connectivity index (χ0n) is 12.6. The van der Waals surface area contributed by atoms with Gasteiger partial charge in [-0.15, -0.1) is 11.3 Å². The molecular formula is C21H13BrS. The molecule has 0 unspecified atom stereocenters. The van der Waals surface area contributed by atoms with E-state index < -0.39 is 0 Å². The first-order valence-corrected chi connectivity index (χ1v) is 9.24. The molecule has 0 N–H and O–H groups in total. The molecule has 0 aliphatic heterocycles. The fraction of sp³-hybridized carbons (Fsp3) is 0.0476. The molecule has 5 aromatic rings. The van der Waals surface area contributed by atoms with Crippen molar-refractivity contribution in [1.82, 2.24) is 0 Å². The molecule has 0 atom stereocenters. The first kappa shape index (κ1) is 13.5. The molecule has 4 aromatic carbocycles. The molecule has 1 heterocycles. The fourth-order valence-corrected chi connectivity index (χ4v) is 4.90. The van der Waals surface area contributed by atoms with Crippen molar-refractivity contribution in [3.05, 3.63) is 70.7 Å². The van der Waals surface area contributed by atoms with E-state index in [9.17, 15) is 0 Å². The molecule has 5 rings (SSSR count). The highest BCUT2D eigenvalue weighted by molar-refractivity contribution is 9.10. The molecule has 2 heteroatoms. The van der Waals surface area contributed by atoms with E-state index >= 15 is 0 Å². The van der Waals surface area contributed by atoms with Gasteiger partial charge in [-0.1, -0.05) is 45.8 Å². The molecule has 0 radical (unpaired) electrons. The number of fused-ring (bicyclic) bond motifs is 5. The van der Waals surface area contributed by atoms with Gasteiger partial charge in [-0.25, -0.2) is 0 Å². The minimum Gasteiger partial charge on any atom is -0.135 e. The van der Waals surface area contributed by atoms with Gasteiger partial charge < -0.3 is 0 Å². The van der Waals surface area contributed by atoms with Crippen molar-refractivity contribution in [1.29, 1.82) is 0 Å². The maximum absolute atomic E-state index is 3.57. The summed E-state index contributed by atoms with van der Waals surface area (Å²) >= 11 is 5.46. The van der Waals surface area contributed by atoms with Crippen LogP contribution in [0, 0.1) is 6.92 Å². The van der Waals surface area contributed by atoms with Crippen LogP contribution in [0.5, 0.6) is 0 Å².